The summed E-state index contributed by atoms with van der Waals surface area (Å²) in [6.07, 6.45) is 8.27. The van der Waals surface area contributed by atoms with Crippen molar-refractivity contribution in [3.63, 3.8) is 0 Å². The molecular weight excluding hydrogens is 544 g/mol. The number of carbonyl (C=O) groups is 1. The lowest BCUT2D eigenvalue weighted by molar-refractivity contribution is -0.615. The van der Waals surface area contributed by atoms with Gasteiger partial charge in [0.25, 0.3) is 0 Å². The molecule has 5 aromatic rings. The van der Waals surface area contributed by atoms with Gasteiger partial charge in [-0.1, -0.05) is 11.6 Å². The van der Waals surface area contributed by atoms with E-state index in [0.29, 0.717) is 34.5 Å². The Hall–Kier alpha value is -4.78. The minimum atomic E-state index is -0.733. The topological polar surface area (TPSA) is 122 Å². The van der Waals surface area contributed by atoms with Crippen molar-refractivity contribution < 1.29 is 18.3 Å². The summed E-state index contributed by atoms with van der Waals surface area (Å²) < 4.78 is 32.5. The smallest absolute Gasteiger partial charge is 0.222 e. The van der Waals surface area contributed by atoms with Gasteiger partial charge in [0.2, 0.25) is 17.5 Å². The SMILES string of the molecule is O=C1CCCN1CC(c1ccc(-c2c(-n3cnnn3)ccc(Cl)c2F)c[n+]1[O-])n1cc(-c2ccnc(F)c2)cn1. The van der Waals surface area contributed by atoms with Crippen LogP contribution in [0.5, 0.6) is 0 Å². The molecule has 0 spiro atoms. The molecule has 1 atom stereocenters. The second kappa shape index (κ2) is 10.4. The van der Waals surface area contributed by atoms with Gasteiger partial charge in [0.15, 0.2) is 18.1 Å². The van der Waals surface area contributed by atoms with Gasteiger partial charge in [-0.2, -0.15) is 18.9 Å². The summed E-state index contributed by atoms with van der Waals surface area (Å²) in [7, 11) is 0. The number of carbonyl (C=O) groups excluding carboxylic acids is 1. The third kappa shape index (κ3) is 4.75. The molecule has 11 nitrogen and oxygen atoms in total. The Morgan fingerprint density at radius 2 is 2.00 bits per heavy atom. The van der Waals surface area contributed by atoms with Crippen LogP contribution in [0.1, 0.15) is 24.6 Å². The molecule has 1 fully saturated rings. The molecule has 0 radical (unpaired) electrons. The van der Waals surface area contributed by atoms with Crippen molar-refractivity contribution in [3.8, 4) is 27.9 Å². The number of nitrogens with zero attached hydrogens (tertiary/aromatic N) is 9. The molecule has 1 aliphatic rings. The van der Waals surface area contributed by atoms with Crippen molar-refractivity contribution in [2.45, 2.75) is 18.9 Å². The first-order valence-corrected chi connectivity index (χ1v) is 12.7. The molecule has 1 amide bonds. The average molecular weight is 564 g/mol. The number of halogens is 3. The molecule has 1 unspecified atom stereocenters. The maximum absolute atomic E-state index is 15.3. The van der Waals surface area contributed by atoms with E-state index in [4.69, 9.17) is 11.6 Å². The van der Waals surface area contributed by atoms with Gasteiger partial charge in [-0.25, -0.2) is 9.37 Å². The van der Waals surface area contributed by atoms with Crippen LogP contribution in [0, 0.1) is 17.0 Å². The fraction of sp³-hybridized carbons (Fsp3) is 0.192. The minimum Gasteiger partial charge on any atom is -0.618 e. The van der Waals surface area contributed by atoms with E-state index in [9.17, 15) is 14.4 Å². The fourth-order valence-electron chi connectivity index (χ4n) is 4.83. The van der Waals surface area contributed by atoms with Crippen molar-refractivity contribution in [2.75, 3.05) is 13.1 Å². The lowest BCUT2D eigenvalue weighted by Gasteiger charge is -2.23. The molecule has 6 rings (SSSR count). The number of aromatic nitrogens is 8. The third-order valence-electron chi connectivity index (χ3n) is 6.79. The molecule has 14 heteroatoms. The van der Waals surface area contributed by atoms with Crippen LogP contribution < -0.4 is 4.73 Å². The van der Waals surface area contributed by atoms with Gasteiger partial charge < -0.3 is 10.1 Å². The summed E-state index contributed by atoms with van der Waals surface area (Å²) >= 11 is 6.07. The van der Waals surface area contributed by atoms with Crippen LogP contribution in [0.25, 0.3) is 27.9 Å². The first-order valence-electron chi connectivity index (χ1n) is 12.3. The van der Waals surface area contributed by atoms with E-state index in [0.717, 1.165) is 6.42 Å². The number of rotatable bonds is 7. The summed E-state index contributed by atoms with van der Waals surface area (Å²) in [6, 6.07) is 8.33. The Bertz CT molecular complexity index is 1710. The highest BCUT2D eigenvalue weighted by Gasteiger charge is 2.31. The Labute approximate surface area is 230 Å². The molecule has 40 heavy (non-hydrogen) atoms. The largest absolute Gasteiger partial charge is 0.618 e. The van der Waals surface area contributed by atoms with E-state index >= 15 is 4.39 Å². The van der Waals surface area contributed by atoms with Crippen LogP contribution in [0.2, 0.25) is 5.02 Å². The zero-order valence-corrected chi connectivity index (χ0v) is 21.5. The highest BCUT2D eigenvalue weighted by atomic mass is 35.5. The maximum Gasteiger partial charge on any atom is 0.222 e. The van der Waals surface area contributed by atoms with Gasteiger partial charge in [-0.05, 0) is 46.7 Å². The van der Waals surface area contributed by atoms with Gasteiger partial charge in [0.05, 0.1) is 34.6 Å². The molecule has 1 aromatic carbocycles. The summed E-state index contributed by atoms with van der Waals surface area (Å²) in [5.41, 5.74) is 2.02. The van der Waals surface area contributed by atoms with E-state index in [-0.39, 0.29) is 34.3 Å². The van der Waals surface area contributed by atoms with Crippen molar-refractivity contribution in [1.29, 1.82) is 0 Å². The van der Waals surface area contributed by atoms with Crippen molar-refractivity contribution in [2.24, 2.45) is 0 Å². The van der Waals surface area contributed by atoms with Gasteiger partial charge >= 0.3 is 0 Å². The maximum atomic E-state index is 15.3. The Morgan fingerprint density at radius 1 is 1.12 bits per heavy atom. The molecule has 0 bridgehead atoms. The predicted octanol–water partition coefficient (Wildman–Crippen LogP) is 3.36. The zero-order chi connectivity index (χ0) is 27.8. The van der Waals surface area contributed by atoms with E-state index in [1.165, 1.54) is 35.5 Å². The second-order valence-corrected chi connectivity index (χ2v) is 9.62. The summed E-state index contributed by atoms with van der Waals surface area (Å²) in [5, 5.41) is 28.9. The number of pyridine rings is 2. The van der Waals surface area contributed by atoms with E-state index in [1.807, 2.05) is 0 Å². The number of hydrogen-bond donors (Lipinski definition) is 0. The van der Waals surface area contributed by atoms with Gasteiger partial charge in [-0.15, -0.1) is 5.10 Å². The molecule has 0 N–H and O–H groups in total. The fourth-order valence-corrected chi connectivity index (χ4v) is 4.99. The normalized spacial score (nSPS) is 14.2. The highest BCUT2D eigenvalue weighted by molar-refractivity contribution is 6.31. The van der Waals surface area contributed by atoms with Crippen LogP contribution in [-0.2, 0) is 4.79 Å². The average Bonchev–Trinajstić information content (AvgIpc) is 3.72. The van der Waals surface area contributed by atoms with Crippen LogP contribution in [0.3, 0.4) is 0 Å². The second-order valence-electron chi connectivity index (χ2n) is 9.21. The highest BCUT2D eigenvalue weighted by Crippen LogP contribution is 2.33. The third-order valence-corrected chi connectivity index (χ3v) is 7.08. The molecule has 1 aliphatic heterocycles. The van der Waals surface area contributed by atoms with Gasteiger partial charge in [0, 0.05) is 43.1 Å². The predicted molar refractivity (Wildman–Crippen MR) is 138 cm³/mol. The number of hydrogen-bond acceptors (Lipinski definition) is 7. The number of benzene rings is 1. The van der Waals surface area contributed by atoms with Crippen molar-refractivity contribution >= 4 is 17.5 Å². The molecule has 0 aliphatic carbocycles. The molecule has 0 saturated carbocycles. The first-order chi connectivity index (χ1) is 19.4. The molecule has 4 aromatic heterocycles. The zero-order valence-electron chi connectivity index (χ0n) is 20.7. The number of likely N-dealkylation sites (tertiary alicyclic amines) is 1. The summed E-state index contributed by atoms with van der Waals surface area (Å²) in [6.45, 7) is 0.743. The summed E-state index contributed by atoms with van der Waals surface area (Å²) in [4.78, 5) is 17.7. The van der Waals surface area contributed by atoms with Gasteiger partial charge in [-0.3, -0.25) is 9.48 Å². The van der Waals surface area contributed by atoms with Crippen LogP contribution in [-0.4, -0.2) is 58.9 Å². The van der Waals surface area contributed by atoms with Crippen molar-refractivity contribution in [1.82, 2.24) is 39.9 Å². The van der Waals surface area contributed by atoms with E-state index in [2.05, 4.69) is 25.6 Å². The molecule has 5 heterocycles. The van der Waals surface area contributed by atoms with Crippen LogP contribution in [0.4, 0.5) is 8.78 Å². The Balaban J connectivity index is 1.42. The molecule has 202 valence electrons. The first kappa shape index (κ1) is 25.5. The molecule has 1 saturated heterocycles. The summed E-state index contributed by atoms with van der Waals surface area (Å²) in [5.74, 6) is -1.38. The monoisotopic (exact) mass is 563 g/mol. The number of tetrazole rings is 1. The quantitative estimate of drug-likeness (QED) is 0.169. The standard InChI is InChI=1S/C26H20ClF2N9O2/c27-19-4-6-21(37-15-31-33-34-37)25(26(19)29)17-3-5-20(38(40)13-17)22(14-35-9-1-2-24(35)39)36-12-18(11-32-36)16-7-8-30-23(28)10-16/h3-8,10-13,15,22H,1-2,9,14H2. The number of amides is 1. The lowest BCUT2D eigenvalue weighted by Crippen LogP contribution is -2.40. The van der Waals surface area contributed by atoms with Gasteiger partial charge in [0.1, 0.15) is 6.33 Å². The lowest BCUT2D eigenvalue weighted by atomic mass is 10.0. The Kier molecular flexibility index (Phi) is 6.64. The van der Waals surface area contributed by atoms with E-state index < -0.39 is 17.8 Å². The van der Waals surface area contributed by atoms with Crippen LogP contribution >= 0.6 is 11.6 Å². The molecular formula is C26H20ClF2N9O2. The minimum absolute atomic E-state index is 0.0188. The van der Waals surface area contributed by atoms with E-state index in [1.54, 1.807) is 46.2 Å². The Morgan fingerprint density at radius 3 is 2.73 bits per heavy atom. The van der Waals surface area contributed by atoms with Crippen LogP contribution in [0.15, 0.2) is 67.5 Å². The van der Waals surface area contributed by atoms with Crippen molar-refractivity contribution in [3.05, 3.63) is 95.2 Å².